The predicted molar refractivity (Wildman–Crippen MR) is 86.6 cm³/mol. The number of ether oxygens (including phenoxy) is 1. The zero-order valence-electron chi connectivity index (χ0n) is 12.6. The summed E-state index contributed by atoms with van der Waals surface area (Å²) in [4.78, 5) is 16.1. The Morgan fingerprint density at radius 2 is 1.95 bits per heavy atom. The van der Waals surface area contributed by atoms with Gasteiger partial charge in [-0.15, -0.1) is 12.4 Å². The number of methoxy groups -OCH3 is 1. The number of amides is 1. The Kier molecular flexibility index (Phi) is 5.73. The Morgan fingerprint density at radius 1 is 1.24 bits per heavy atom. The van der Waals surface area contributed by atoms with E-state index in [1.807, 2.05) is 26.8 Å². The van der Waals surface area contributed by atoms with Gasteiger partial charge in [-0.2, -0.15) is 0 Å². The van der Waals surface area contributed by atoms with Crippen LogP contribution in [0.4, 0.5) is 5.69 Å². The van der Waals surface area contributed by atoms with Crippen molar-refractivity contribution in [2.75, 3.05) is 12.4 Å². The summed E-state index contributed by atoms with van der Waals surface area (Å²) in [5, 5.41) is 2.92. The summed E-state index contributed by atoms with van der Waals surface area (Å²) in [6.45, 7) is 5.92. The van der Waals surface area contributed by atoms with Gasteiger partial charge in [0.1, 0.15) is 5.75 Å². The predicted octanol–water partition coefficient (Wildman–Crippen LogP) is 3.69. The molecule has 112 valence electrons. The van der Waals surface area contributed by atoms with Crippen LogP contribution in [-0.2, 0) is 0 Å². The second kappa shape index (κ2) is 7.09. The summed E-state index contributed by atoms with van der Waals surface area (Å²) in [6, 6.07) is 5.41. The Morgan fingerprint density at radius 3 is 2.52 bits per heavy atom. The quantitative estimate of drug-likeness (QED) is 0.941. The lowest BCUT2D eigenvalue weighted by atomic mass is 10.0. The number of carbonyl (C=O) groups excluding carboxylic acids is 1. The van der Waals surface area contributed by atoms with Crippen molar-refractivity contribution in [1.82, 2.24) is 4.98 Å². The third kappa shape index (κ3) is 3.52. The third-order valence-corrected chi connectivity index (χ3v) is 3.40. The van der Waals surface area contributed by atoms with Crippen molar-refractivity contribution in [3.8, 4) is 5.75 Å². The molecule has 1 amide bonds. The maximum Gasteiger partial charge on any atom is 0.257 e. The van der Waals surface area contributed by atoms with Crippen LogP contribution in [0, 0.1) is 20.8 Å². The Bertz CT molecular complexity index is 642. The molecule has 0 bridgehead atoms. The lowest BCUT2D eigenvalue weighted by molar-refractivity contribution is 0.102. The molecular weight excluding hydrogens is 288 g/mol. The van der Waals surface area contributed by atoms with Crippen LogP contribution < -0.4 is 10.1 Å². The van der Waals surface area contributed by atoms with Gasteiger partial charge in [0.2, 0.25) is 0 Å². The Balaban J connectivity index is 0.00000220. The highest BCUT2D eigenvalue weighted by Gasteiger charge is 2.13. The fraction of sp³-hybridized carbons (Fsp3) is 0.250. The highest BCUT2D eigenvalue weighted by atomic mass is 35.5. The summed E-state index contributed by atoms with van der Waals surface area (Å²) >= 11 is 0. The average Bonchev–Trinajstić information content (AvgIpc) is 2.46. The number of rotatable bonds is 3. The summed E-state index contributed by atoms with van der Waals surface area (Å²) in [7, 11) is 1.66. The molecule has 0 radical (unpaired) electrons. The van der Waals surface area contributed by atoms with Gasteiger partial charge < -0.3 is 10.1 Å². The van der Waals surface area contributed by atoms with Crippen LogP contribution in [0.15, 0.2) is 30.6 Å². The van der Waals surface area contributed by atoms with Crippen LogP contribution in [-0.4, -0.2) is 18.0 Å². The highest BCUT2D eigenvalue weighted by molar-refractivity contribution is 6.04. The van der Waals surface area contributed by atoms with Gasteiger partial charge in [-0.1, -0.05) is 0 Å². The van der Waals surface area contributed by atoms with Crippen LogP contribution in [0.5, 0.6) is 5.75 Å². The van der Waals surface area contributed by atoms with Gasteiger partial charge >= 0.3 is 0 Å². The molecule has 0 fully saturated rings. The van der Waals surface area contributed by atoms with Gasteiger partial charge in [0.25, 0.3) is 5.91 Å². The van der Waals surface area contributed by atoms with Crippen molar-refractivity contribution in [2.45, 2.75) is 20.8 Å². The van der Waals surface area contributed by atoms with Gasteiger partial charge in [-0.25, -0.2) is 0 Å². The van der Waals surface area contributed by atoms with Gasteiger partial charge in [0.05, 0.1) is 12.7 Å². The largest absolute Gasteiger partial charge is 0.496 e. The molecule has 0 aliphatic rings. The van der Waals surface area contributed by atoms with Gasteiger partial charge in [-0.05, 0) is 55.7 Å². The monoisotopic (exact) mass is 306 g/mol. The van der Waals surface area contributed by atoms with E-state index in [0.717, 1.165) is 28.1 Å². The van der Waals surface area contributed by atoms with E-state index >= 15 is 0 Å². The molecule has 4 nitrogen and oxygen atoms in total. The topological polar surface area (TPSA) is 51.2 Å². The van der Waals surface area contributed by atoms with E-state index in [2.05, 4.69) is 10.3 Å². The number of pyridine rings is 1. The molecule has 5 heteroatoms. The maximum absolute atomic E-state index is 12.2. The van der Waals surface area contributed by atoms with Crippen LogP contribution in [0.3, 0.4) is 0 Å². The van der Waals surface area contributed by atoms with E-state index < -0.39 is 0 Å². The second-order valence-electron chi connectivity index (χ2n) is 4.72. The SMILES string of the molecule is COc1c(C)cc(NC(=O)c2cccnc2)c(C)c1C.Cl. The average molecular weight is 307 g/mol. The molecule has 1 N–H and O–H groups in total. The van der Waals surface area contributed by atoms with Crippen LogP contribution in [0.2, 0.25) is 0 Å². The smallest absolute Gasteiger partial charge is 0.257 e. The van der Waals surface area contributed by atoms with Crippen LogP contribution >= 0.6 is 12.4 Å². The van der Waals surface area contributed by atoms with Crippen LogP contribution in [0.1, 0.15) is 27.0 Å². The molecular formula is C16H19ClN2O2. The number of hydrogen-bond acceptors (Lipinski definition) is 3. The number of aromatic nitrogens is 1. The highest BCUT2D eigenvalue weighted by Crippen LogP contribution is 2.31. The van der Waals surface area contributed by atoms with E-state index in [1.54, 1.807) is 31.6 Å². The molecule has 1 heterocycles. The number of carbonyl (C=O) groups is 1. The van der Waals surface area contributed by atoms with Crippen LogP contribution in [0.25, 0.3) is 0 Å². The van der Waals surface area contributed by atoms with E-state index in [4.69, 9.17) is 4.74 Å². The summed E-state index contributed by atoms with van der Waals surface area (Å²) in [5.74, 6) is 0.701. The minimum absolute atomic E-state index is 0. The molecule has 21 heavy (non-hydrogen) atoms. The van der Waals surface area contributed by atoms with Crippen molar-refractivity contribution >= 4 is 24.0 Å². The van der Waals surface area contributed by atoms with Crippen molar-refractivity contribution in [3.05, 3.63) is 52.8 Å². The van der Waals surface area contributed by atoms with Gasteiger partial charge in [0.15, 0.2) is 0 Å². The zero-order valence-corrected chi connectivity index (χ0v) is 13.4. The minimum atomic E-state index is -0.162. The van der Waals surface area contributed by atoms with Crippen molar-refractivity contribution < 1.29 is 9.53 Å². The Labute approximate surface area is 131 Å². The molecule has 1 aromatic carbocycles. The lowest BCUT2D eigenvalue weighted by Crippen LogP contribution is -2.13. The fourth-order valence-corrected chi connectivity index (χ4v) is 2.19. The van der Waals surface area contributed by atoms with E-state index in [-0.39, 0.29) is 18.3 Å². The zero-order chi connectivity index (χ0) is 14.7. The molecule has 0 saturated carbocycles. The third-order valence-electron chi connectivity index (χ3n) is 3.40. The van der Waals surface area contributed by atoms with E-state index in [0.29, 0.717) is 5.56 Å². The number of aryl methyl sites for hydroxylation is 1. The van der Waals surface area contributed by atoms with Crippen molar-refractivity contribution in [1.29, 1.82) is 0 Å². The molecule has 0 atom stereocenters. The van der Waals surface area contributed by atoms with Crippen molar-refractivity contribution in [2.24, 2.45) is 0 Å². The fourth-order valence-electron chi connectivity index (χ4n) is 2.19. The number of anilines is 1. The number of halogens is 1. The number of nitrogens with one attached hydrogen (secondary N) is 1. The Hall–Kier alpha value is -2.07. The second-order valence-corrected chi connectivity index (χ2v) is 4.72. The summed E-state index contributed by atoms with van der Waals surface area (Å²) in [5.41, 5.74) is 4.38. The normalized spacial score (nSPS) is 9.71. The van der Waals surface area contributed by atoms with E-state index in [1.165, 1.54) is 0 Å². The first-order chi connectivity index (χ1) is 9.54. The maximum atomic E-state index is 12.2. The first-order valence-electron chi connectivity index (χ1n) is 6.40. The molecule has 1 aromatic heterocycles. The molecule has 0 spiro atoms. The summed E-state index contributed by atoms with van der Waals surface area (Å²) in [6.07, 6.45) is 3.19. The van der Waals surface area contributed by atoms with Gasteiger partial charge in [0, 0.05) is 18.1 Å². The summed E-state index contributed by atoms with van der Waals surface area (Å²) < 4.78 is 5.38. The van der Waals surface area contributed by atoms with Crippen molar-refractivity contribution in [3.63, 3.8) is 0 Å². The first kappa shape index (κ1) is 17.0. The molecule has 0 saturated heterocycles. The molecule has 2 aromatic rings. The minimum Gasteiger partial charge on any atom is -0.496 e. The molecule has 0 unspecified atom stereocenters. The molecule has 0 aliphatic heterocycles. The molecule has 2 rings (SSSR count). The standard InChI is InChI=1S/C16H18N2O2.ClH/c1-10-8-14(11(2)12(3)15(10)20-4)18-16(19)13-6-5-7-17-9-13;/h5-9H,1-4H3,(H,18,19);1H. The number of nitrogens with zero attached hydrogens (tertiary/aromatic N) is 1. The lowest BCUT2D eigenvalue weighted by Gasteiger charge is -2.16. The van der Waals surface area contributed by atoms with E-state index in [9.17, 15) is 4.79 Å². The number of benzene rings is 1. The molecule has 0 aliphatic carbocycles. The van der Waals surface area contributed by atoms with Gasteiger partial charge in [-0.3, -0.25) is 9.78 Å². The number of hydrogen-bond donors (Lipinski definition) is 1. The first-order valence-corrected chi connectivity index (χ1v) is 6.40.